The predicted molar refractivity (Wildman–Crippen MR) is 72.5 cm³/mol. The van der Waals surface area contributed by atoms with Gasteiger partial charge in [-0.1, -0.05) is 23.2 Å². The monoisotopic (exact) mass is 272 g/mol. The molecule has 0 aliphatic heterocycles. The second-order valence-electron chi connectivity index (χ2n) is 5.03. The lowest BCUT2D eigenvalue weighted by atomic mass is 10.2. The van der Waals surface area contributed by atoms with Gasteiger partial charge in [0.2, 0.25) is 0 Å². The first-order valence-corrected chi connectivity index (χ1v) is 6.87. The van der Waals surface area contributed by atoms with E-state index in [0.717, 1.165) is 24.7 Å². The topological polar surface area (TPSA) is 16.1 Å². The van der Waals surface area contributed by atoms with Crippen molar-refractivity contribution in [2.45, 2.75) is 39.3 Å². The van der Waals surface area contributed by atoms with Gasteiger partial charge in [-0.3, -0.25) is 4.90 Å². The number of rotatable bonds is 5. The van der Waals surface area contributed by atoms with Gasteiger partial charge in [-0.15, -0.1) is 0 Å². The number of aromatic nitrogens is 1. The van der Waals surface area contributed by atoms with Crippen molar-refractivity contribution in [3.8, 4) is 0 Å². The van der Waals surface area contributed by atoms with E-state index in [4.69, 9.17) is 23.2 Å². The average Bonchev–Trinajstić information content (AvgIpc) is 3.06. The van der Waals surface area contributed by atoms with Crippen LogP contribution in [0.4, 0.5) is 0 Å². The number of hydrogen-bond donors (Lipinski definition) is 0. The molecule has 0 atom stereocenters. The van der Waals surface area contributed by atoms with Crippen LogP contribution in [0.3, 0.4) is 0 Å². The summed E-state index contributed by atoms with van der Waals surface area (Å²) in [6.07, 6.45) is 2.72. The minimum Gasteiger partial charge on any atom is -0.295 e. The molecule has 1 aliphatic rings. The van der Waals surface area contributed by atoms with Gasteiger partial charge in [0.15, 0.2) is 0 Å². The Balaban J connectivity index is 2.07. The highest BCUT2D eigenvalue weighted by Crippen LogP contribution is 2.31. The molecule has 2 rings (SSSR count). The molecule has 1 fully saturated rings. The van der Waals surface area contributed by atoms with Crippen molar-refractivity contribution in [1.82, 2.24) is 9.88 Å². The van der Waals surface area contributed by atoms with Gasteiger partial charge in [0.1, 0.15) is 5.15 Å². The molecule has 0 radical (unpaired) electrons. The van der Waals surface area contributed by atoms with E-state index in [1.54, 1.807) is 6.07 Å². The van der Waals surface area contributed by atoms with E-state index < -0.39 is 0 Å². The van der Waals surface area contributed by atoms with Crippen LogP contribution in [0.1, 0.15) is 32.4 Å². The minimum atomic E-state index is 0.507. The van der Waals surface area contributed by atoms with Crippen LogP contribution in [0.5, 0.6) is 0 Å². The molecule has 1 aromatic heterocycles. The van der Waals surface area contributed by atoms with E-state index in [1.807, 2.05) is 6.07 Å². The largest absolute Gasteiger partial charge is 0.295 e. The molecule has 0 saturated heterocycles. The summed E-state index contributed by atoms with van der Waals surface area (Å²) < 4.78 is 0. The molecule has 1 aliphatic carbocycles. The maximum absolute atomic E-state index is 6.15. The SMILES string of the molecule is CC(C)N(Cc1nc(Cl)ccc1Cl)CC1CC1. The summed E-state index contributed by atoms with van der Waals surface area (Å²) in [7, 11) is 0. The number of halogens is 2. The Hall–Kier alpha value is -0.310. The summed E-state index contributed by atoms with van der Waals surface area (Å²) in [6, 6.07) is 4.06. The van der Waals surface area contributed by atoms with Crippen LogP contribution >= 0.6 is 23.2 Å². The van der Waals surface area contributed by atoms with Gasteiger partial charge in [-0.25, -0.2) is 4.98 Å². The first-order chi connectivity index (χ1) is 8.06. The van der Waals surface area contributed by atoms with Gasteiger partial charge >= 0.3 is 0 Å². The maximum atomic E-state index is 6.15. The predicted octanol–water partition coefficient (Wildman–Crippen LogP) is 4.01. The smallest absolute Gasteiger partial charge is 0.129 e. The molecule has 4 heteroatoms. The van der Waals surface area contributed by atoms with Crippen molar-refractivity contribution in [1.29, 1.82) is 0 Å². The van der Waals surface area contributed by atoms with Gasteiger partial charge in [-0.05, 0) is 44.7 Å². The fraction of sp³-hybridized carbons (Fsp3) is 0.615. The van der Waals surface area contributed by atoms with Gasteiger partial charge in [0.05, 0.1) is 10.7 Å². The maximum Gasteiger partial charge on any atom is 0.129 e. The molecule has 94 valence electrons. The number of hydrogen-bond acceptors (Lipinski definition) is 2. The summed E-state index contributed by atoms with van der Waals surface area (Å²) in [5.41, 5.74) is 0.883. The highest BCUT2D eigenvalue weighted by atomic mass is 35.5. The van der Waals surface area contributed by atoms with Gasteiger partial charge in [0, 0.05) is 19.1 Å². The van der Waals surface area contributed by atoms with Crippen molar-refractivity contribution < 1.29 is 0 Å². The third kappa shape index (κ3) is 3.84. The third-order valence-corrected chi connectivity index (χ3v) is 3.71. The molecule has 0 amide bonds. The van der Waals surface area contributed by atoms with E-state index in [0.29, 0.717) is 16.2 Å². The second kappa shape index (κ2) is 5.55. The molecule has 0 N–H and O–H groups in total. The van der Waals surface area contributed by atoms with Gasteiger partial charge < -0.3 is 0 Å². The lowest BCUT2D eigenvalue weighted by Gasteiger charge is -2.26. The van der Waals surface area contributed by atoms with Crippen LogP contribution in [0, 0.1) is 5.92 Å². The van der Waals surface area contributed by atoms with Crippen molar-refractivity contribution in [2.75, 3.05) is 6.54 Å². The van der Waals surface area contributed by atoms with Crippen molar-refractivity contribution >= 4 is 23.2 Å². The zero-order valence-corrected chi connectivity index (χ0v) is 11.8. The highest BCUT2D eigenvalue weighted by Gasteiger charge is 2.26. The fourth-order valence-corrected chi connectivity index (χ4v) is 2.18. The Kier molecular flexibility index (Phi) is 4.29. The Morgan fingerprint density at radius 1 is 1.35 bits per heavy atom. The van der Waals surface area contributed by atoms with E-state index >= 15 is 0 Å². The normalized spacial score (nSPS) is 15.9. The molecular weight excluding hydrogens is 255 g/mol. The second-order valence-corrected chi connectivity index (χ2v) is 5.82. The lowest BCUT2D eigenvalue weighted by Crippen LogP contribution is -2.32. The molecule has 0 bridgehead atoms. The van der Waals surface area contributed by atoms with Crippen molar-refractivity contribution in [2.24, 2.45) is 5.92 Å². The third-order valence-electron chi connectivity index (χ3n) is 3.16. The molecule has 1 saturated carbocycles. The lowest BCUT2D eigenvalue weighted by molar-refractivity contribution is 0.201. The summed E-state index contributed by atoms with van der Waals surface area (Å²) in [5, 5.41) is 1.22. The Morgan fingerprint density at radius 3 is 2.65 bits per heavy atom. The molecule has 0 spiro atoms. The minimum absolute atomic E-state index is 0.507. The van der Waals surface area contributed by atoms with E-state index in [1.165, 1.54) is 12.8 Å². The van der Waals surface area contributed by atoms with Crippen LogP contribution < -0.4 is 0 Å². The van der Waals surface area contributed by atoms with Crippen LogP contribution in [-0.2, 0) is 6.54 Å². The molecular formula is C13H18Cl2N2. The van der Waals surface area contributed by atoms with Gasteiger partial charge in [0.25, 0.3) is 0 Å². The summed E-state index contributed by atoms with van der Waals surface area (Å²) in [6.45, 7) is 6.34. The van der Waals surface area contributed by atoms with Crippen LogP contribution in [0.25, 0.3) is 0 Å². The summed E-state index contributed by atoms with van der Waals surface area (Å²) in [5.74, 6) is 0.871. The summed E-state index contributed by atoms with van der Waals surface area (Å²) >= 11 is 12.1. The van der Waals surface area contributed by atoms with Gasteiger partial charge in [-0.2, -0.15) is 0 Å². The molecule has 0 unspecified atom stereocenters. The van der Waals surface area contributed by atoms with E-state index in [2.05, 4.69) is 23.7 Å². The fourth-order valence-electron chi connectivity index (χ4n) is 1.85. The van der Waals surface area contributed by atoms with E-state index in [-0.39, 0.29) is 0 Å². The van der Waals surface area contributed by atoms with Crippen molar-refractivity contribution in [3.63, 3.8) is 0 Å². The van der Waals surface area contributed by atoms with Crippen LogP contribution in [-0.4, -0.2) is 22.5 Å². The van der Waals surface area contributed by atoms with Crippen LogP contribution in [0.2, 0.25) is 10.2 Å². The standard InChI is InChI=1S/C13H18Cl2N2/c1-9(2)17(7-10-3-4-10)8-12-11(14)5-6-13(15)16-12/h5-6,9-10H,3-4,7-8H2,1-2H3. The first kappa shape index (κ1) is 13.1. The highest BCUT2D eigenvalue weighted by molar-refractivity contribution is 6.32. The molecule has 0 aromatic carbocycles. The summed E-state index contributed by atoms with van der Waals surface area (Å²) in [4.78, 5) is 6.73. The van der Waals surface area contributed by atoms with Crippen LogP contribution in [0.15, 0.2) is 12.1 Å². The first-order valence-electron chi connectivity index (χ1n) is 6.11. The molecule has 17 heavy (non-hydrogen) atoms. The quantitative estimate of drug-likeness (QED) is 0.753. The Labute approximate surface area is 113 Å². The zero-order valence-electron chi connectivity index (χ0n) is 10.3. The Morgan fingerprint density at radius 2 is 2.06 bits per heavy atom. The zero-order chi connectivity index (χ0) is 12.4. The molecule has 1 heterocycles. The Bertz CT molecular complexity index is 389. The number of nitrogens with zero attached hydrogens (tertiary/aromatic N) is 2. The molecule has 2 nitrogen and oxygen atoms in total. The number of pyridine rings is 1. The van der Waals surface area contributed by atoms with Crippen molar-refractivity contribution in [3.05, 3.63) is 28.0 Å². The van der Waals surface area contributed by atoms with E-state index in [9.17, 15) is 0 Å². The average molecular weight is 273 g/mol. The molecule has 1 aromatic rings.